The van der Waals surface area contributed by atoms with Gasteiger partial charge in [0.2, 0.25) is 5.91 Å². The number of thiocarbonyl (C=S) groups is 1. The molecule has 2 rings (SSSR count). The molecule has 9 nitrogen and oxygen atoms in total. The smallest absolute Gasteiger partial charge is 0.276 e. The van der Waals surface area contributed by atoms with Crippen LogP contribution in [0, 0.1) is 10.1 Å². The number of nitro benzene ring substituents is 1. The van der Waals surface area contributed by atoms with Gasteiger partial charge in [-0.1, -0.05) is 32.0 Å². The topological polar surface area (TPSA) is 123 Å². The van der Waals surface area contributed by atoms with Gasteiger partial charge in [0.05, 0.1) is 4.92 Å². The minimum Gasteiger partial charge on any atom is -0.483 e. The molecule has 0 saturated heterocycles. The highest BCUT2D eigenvalue weighted by Gasteiger charge is 2.11. The molecule has 0 heterocycles. The molecular formula is C22H24N4O5S. The van der Waals surface area contributed by atoms with E-state index >= 15 is 0 Å². The molecule has 0 aromatic heterocycles. The average molecular weight is 457 g/mol. The Morgan fingerprint density at radius 3 is 2.50 bits per heavy atom. The van der Waals surface area contributed by atoms with Crippen LogP contribution >= 0.6 is 12.2 Å². The standard InChI is InChI=1S/C22H24N4O5S/c1-3-15(2)18-6-4-5-7-19(18)31-14-21(28)24-25-22(32)23-20(27)13-10-16-8-11-17(12-9-16)26(29)30/h4-13,15H,3,14H2,1-2H3,(H,24,28)(H2,23,25,27,32)/b13-10+. The quantitative estimate of drug-likeness (QED) is 0.241. The summed E-state index contributed by atoms with van der Waals surface area (Å²) in [5.74, 6) is -0.0608. The van der Waals surface area contributed by atoms with Crippen LogP contribution in [-0.2, 0) is 9.59 Å². The Kier molecular flexibility index (Phi) is 9.30. The Morgan fingerprint density at radius 1 is 1.16 bits per heavy atom. The van der Waals surface area contributed by atoms with E-state index in [-0.39, 0.29) is 17.4 Å². The van der Waals surface area contributed by atoms with Crippen LogP contribution in [0.25, 0.3) is 6.08 Å². The molecule has 168 valence electrons. The molecule has 0 spiro atoms. The lowest BCUT2D eigenvalue weighted by atomic mass is 9.98. The summed E-state index contributed by atoms with van der Waals surface area (Å²) in [4.78, 5) is 34.1. The maximum absolute atomic E-state index is 12.0. The van der Waals surface area contributed by atoms with E-state index in [1.165, 1.54) is 36.4 Å². The van der Waals surface area contributed by atoms with Gasteiger partial charge >= 0.3 is 0 Å². The average Bonchev–Trinajstić information content (AvgIpc) is 2.80. The summed E-state index contributed by atoms with van der Waals surface area (Å²) >= 11 is 4.97. The lowest BCUT2D eigenvalue weighted by molar-refractivity contribution is -0.384. The number of non-ortho nitro benzene ring substituents is 1. The van der Waals surface area contributed by atoms with Crippen LogP contribution < -0.4 is 20.9 Å². The second-order valence-corrected chi connectivity index (χ2v) is 7.22. The van der Waals surface area contributed by atoms with E-state index in [1.54, 1.807) is 0 Å². The molecule has 1 atom stereocenters. The Bertz CT molecular complexity index is 1010. The number of nitro groups is 1. The highest BCUT2D eigenvalue weighted by atomic mass is 32.1. The molecule has 32 heavy (non-hydrogen) atoms. The third kappa shape index (κ3) is 7.80. The highest BCUT2D eigenvalue weighted by Crippen LogP contribution is 2.28. The number of ether oxygens (including phenoxy) is 1. The van der Waals surface area contributed by atoms with Crippen molar-refractivity contribution < 1.29 is 19.2 Å². The van der Waals surface area contributed by atoms with Gasteiger partial charge in [-0.2, -0.15) is 0 Å². The van der Waals surface area contributed by atoms with Crippen molar-refractivity contribution in [2.75, 3.05) is 6.61 Å². The van der Waals surface area contributed by atoms with E-state index in [9.17, 15) is 19.7 Å². The Balaban J connectivity index is 1.76. The molecule has 0 fully saturated rings. The molecule has 0 aliphatic carbocycles. The molecule has 3 N–H and O–H groups in total. The summed E-state index contributed by atoms with van der Waals surface area (Å²) in [6.45, 7) is 3.94. The number of rotatable bonds is 8. The first-order valence-corrected chi connectivity index (χ1v) is 10.2. The van der Waals surface area contributed by atoms with Crippen LogP contribution in [0.1, 0.15) is 37.3 Å². The number of amides is 2. The van der Waals surface area contributed by atoms with Crippen molar-refractivity contribution in [1.82, 2.24) is 16.2 Å². The van der Waals surface area contributed by atoms with Crippen molar-refractivity contribution in [1.29, 1.82) is 0 Å². The molecule has 0 saturated carbocycles. The fourth-order valence-electron chi connectivity index (χ4n) is 2.61. The maximum Gasteiger partial charge on any atom is 0.276 e. The zero-order chi connectivity index (χ0) is 23.5. The number of carbonyl (C=O) groups is 2. The fraction of sp³-hybridized carbons (Fsp3) is 0.227. The van der Waals surface area contributed by atoms with Gasteiger partial charge in [-0.15, -0.1) is 0 Å². The minimum absolute atomic E-state index is 0.0416. The highest BCUT2D eigenvalue weighted by molar-refractivity contribution is 7.80. The number of nitrogens with zero attached hydrogens (tertiary/aromatic N) is 1. The van der Waals surface area contributed by atoms with Crippen molar-refractivity contribution in [3.05, 3.63) is 75.8 Å². The summed E-state index contributed by atoms with van der Waals surface area (Å²) in [6, 6.07) is 13.2. The third-order valence-corrected chi connectivity index (χ3v) is 4.71. The molecule has 0 aliphatic rings. The van der Waals surface area contributed by atoms with Gasteiger partial charge in [0.15, 0.2) is 11.7 Å². The van der Waals surface area contributed by atoms with E-state index in [2.05, 4.69) is 30.0 Å². The second-order valence-electron chi connectivity index (χ2n) is 6.81. The van der Waals surface area contributed by atoms with Crippen LogP contribution in [0.5, 0.6) is 5.75 Å². The Hall–Kier alpha value is -3.79. The monoisotopic (exact) mass is 456 g/mol. The van der Waals surface area contributed by atoms with Gasteiger partial charge in [-0.05, 0) is 60.0 Å². The van der Waals surface area contributed by atoms with Crippen LogP contribution in [-0.4, -0.2) is 28.5 Å². The molecule has 0 radical (unpaired) electrons. The number of nitrogens with one attached hydrogen (secondary N) is 3. The normalized spacial score (nSPS) is 11.4. The summed E-state index contributed by atoms with van der Waals surface area (Å²) in [7, 11) is 0. The summed E-state index contributed by atoms with van der Waals surface area (Å²) in [5.41, 5.74) is 6.37. The van der Waals surface area contributed by atoms with Crippen molar-refractivity contribution in [2.45, 2.75) is 26.2 Å². The molecular weight excluding hydrogens is 432 g/mol. The minimum atomic E-state index is -0.533. The van der Waals surface area contributed by atoms with Gasteiger partial charge in [0, 0.05) is 18.2 Å². The van der Waals surface area contributed by atoms with Crippen molar-refractivity contribution in [3.63, 3.8) is 0 Å². The molecule has 0 bridgehead atoms. The van der Waals surface area contributed by atoms with E-state index in [0.29, 0.717) is 17.2 Å². The summed E-state index contributed by atoms with van der Waals surface area (Å²) < 4.78 is 5.61. The number of carbonyl (C=O) groups excluding carboxylic acids is 2. The molecule has 2 aromatic rings. The molecule has 2 amide bonds. The van der Waals surface area contributed by atoms with Crippen LogP contribution in [0.15, 0.2) is 54.6 Å². The van der Waals surface area contributed by atoms with Crippen molar-refractivity contribution >= 4 is 40.9 Å². The summed E-state index contributed by atoms with van der Waals surface area (Å²) in [6.07, 6.45) is 3.63. The predicted molar refractivity (Wildman–Crippen MR) is 125 cm³/mol. The number of hydrogen-bond donors (Lipinski definition) is 3. The van der Waals surface area contributed by atoms with E-state index in [1.807, 2.05) is 24.3 Å². The Morgan fingerprint density at radius 2 is 1.84 bits per heavy atom. The summed E-state index contributed by atoms with van der Waals surface area (Å²) in [5, 5.41) is 12.9. The lowest BCUT2D eigenvalue weighted by Gasteiger charge is -2.16. The second kappa shape index (κ2) is 12.2. The number of hydrazine groups is 1. The third-order valence-electron chi connectivity index (χ3n) is 4.50. The first kappa shape index (κ1) is 24.5. The largest absolute Gasteiger partial charge is 0.483 e. The zero-order valence-corrected chi connectivity index (χ0v) is 18.5. The SMILES string of the molecule is CCC(C)c1ccccc1OCC(=O)NNC(=S)NC(=O)/C=C/c1ccc([N+](=O)[O-])cc1. The van der Waals surface area contributed by atoms with Gasteiger partial charge in [-0.25, -0.2) is 0 Å². The van der Waals surface area contributed by atoms with Gasteiger partial charge in [0.1, 0.15) is 5.75 Å². The molecule has 1 unspecified atom stereocenters. The number of hydrogen-bond acceptors (Lipinski definition) is 6. The molecule has 2 aromatic carbocycles. The first-order chi connectivity index (χ1) is 15.3. The van der Waals surface area contributed by atoms with Crippen LogP contribution in [0.2, 0.25) is 0 Å². The molecule has 0 aliphatic heterocycles. The Labute approximate surface area is 191 Å². The van der Waals surface area contributed by atoms with Gasteiger partial charge < -0.3 is 4.74 Å². The van der Waals surface area contributed by atoms with E-state index in [4.69, 9.17) is 17.0 Å². The van der Waals surface area contributed by atoms with Crippen LogP contribution in [0.4, 0.5) is 5.69 Å². The maximum atomic E-state index is 12.0. The number of benzene rings is 2. The van der Waals surface area contributed by atoms with Crippen molar-refractivity contribution in [2.24, 2.45) is 0 Å². The van der Waals surface area contributed by atoms with Gasteiger partial charge in [-0.3, -0.25) is 35.9 Å². The van der Waals surface area contributed by atoms with E-state index < -0.39 is 16.7 Å². The predicted octanol–water partition coefficient (Wildman–Crippen LogP) is 3.22. The van der Waals surface area contributed by atoms with Gasteiger partial charge in [0.25, 0.3) is 11.6 Å². The van der Waals surface area contributed by atoms with E-state index in [0.717, 1.165) is 12.0 Å². The first-order valence-electron chi connectivity index (χ1n) is 9.84. The molecule has 10 heteroatoms. The zero-order valence-electron chi connectivity index (χ0n) is 17.7. The van der Waals surface area contributed by atoms with Crippen molar-refractivity contribution in [3.8, 4) is 5.75 Å². The van der Waals surface area contributed by atoms with Crippen LogP contribution in [0.3, 0.4) is 0 Å². The lowest BCUT2D eigenvalue weighted by Crippen LogP contribution is -2.49. The fourth-order valence-corrected chi connectivity index (χ4v) is 2.76. The number of para-hydroxylation sites is 1.